The Kier molecular flexibility index (Phi) is 1.85. The summed E-state index contributed by atoms with van der Waals surface area (Å²) in [5.41, 5.74) is 6.09. The number of aromatic nitrogens is 2. The highest BCUT2D eigenvalue weighted by Gasteiger charge is 2.06. The Morgan fingerprint density at radius 3 is 3.08 bits per heavy atom. The number of hydrogen-bond donors (Lipinski definition) is 3. The summed E-state index contributed by atoms with van der Waals surface area (Å²) in [6, 6.07) is 1.46. The molecule has 0 bridgehead atoms. The molecule has 2 aromatic rings. The molecule has 6 nitrogen and oxygen atoms in total. The molecule has 2 heterocycles. The molecule has 13 heavy (non-hydrogen) atoms. The van der Waals surface area contributed by atoms with E-state index in [1.54, 1.807) is 0 Å². The third-order valence-electron chi connectivity index (χ3n) is 1.51. The van der Waals surface area contributed by atoms with Gasteiger partial charge in [-0.05, 0) is 0 Å². The molecule has 4 N–H and O–H groups in total. The van der Waals surface area contributed by atoms with Crippen LogP contribution in [0.3, 0.4) is 0 Å². The lowest BCUT2D eigenvalue weighted by atomic mass is 10.4. The predicted molar refractivity (Wildman–Crippen MR) is 47.6 cm³/mol. The molecule has 0 radical (unpaired) electrons. The Labute approximate surface area is 76.8 Å². The van der Waals surface area contributed by atoms with Gasteiger partial charge in [0, 0.05) is 6.07 Å². The molecule has 0 amide bonds. The summed E-state index contributed by atoms with van der Waals surface area (Å²) in [7, 11) is 0. The summed E-state index contributed by atoms with van der Waals surface area (Å²) in [5, 5.41) is 18.6. The van der Waals surface area contributed by atoms with Gasteiger partial charge in [0.15, 0.2) is 10.8 Å². The maximum Gasteiger partial charge on any atom is 0.184 e. The van der Waals surface area contributed by atoms with E-state index in [1.807, 2.05) is 0 Å². The molecule has 2 rings (SSSR count). The Morgan fingerprint density at radius 1 is 1.62 bits per heavy atom. The van der Waals surface area contributed by atoms with Crippen molar-refractivity contribution in [1.29, 1.82) is 0 Å². The van der Waals surface area contributed by atoms with Gasteiger partial charge in [0.05, 0.1) is 6.20 Å². The van der Waals surface area contributed by atoms with Crippen LogP contribution in [0.15, 0.2) is 12.3 Å². The van der Waals surface area contributed by atoms with E-state index in [2.05, 4.69) is 9.97 Å². The predicted octanol–water partition coefficient (Wildman–Crippen LogP) is -0.323. The first-order chi connectivity index (χ1) is 6.16. The molecule has 7 heteroatoms. The SMILES string of the molecule is Nc1nc2cc([NH+]([O-])O)cnc2s1. The second-order valence-electron chi connectivity index (χ2n) is 2.41. The maximum absolute atomic E-state index is 10.6. The minimum atomic E-state index is -1.01. The van der Waals surface area contributed by atoms with Crippen molar-refractivity contribution in [3.63, 3.8) is 0 Å². The van der Waals surface area contributed by atoms with Gasteiger partial charge in [0.1, 0.15) is 10.3 Å². The Balaban J connectivity index is 2.61. The van der Waals surface area contributed by atoms with Crippen molar-refractivity contribution in [2.24, 2.45) is 0 Å². The quantitative estimate of drug-likeness (QED) is 0.545. The Morgan fingerprint density at radius 2 is 2.38 bits per heavy atom. The minimum absolute atomic E-state index is 0.123. The van der Waals surface area contributed by atoms with Crippen molar-refractivity contribution in [2.45, 2.75) is 0 Å². The molecular weight excluding hydrogens is 192 g/mol. The number of hydrogen-bond acceptors (Lipinski definition) is 6. The van der Waals surface area contributed by atoms with Gasteiger partial charge >= 0.3 is 0 Å². The lowest BCUT2D eigenvalue weighted by molar-refractivity contribution is -0.991. The highest BCUT2D eigenvalue weighted by molar-refractivity contribution is 7.21. The van der Waals surface area contributed by atoms with E-state index >= 15 is 0 Å². The van der Waals surface area contributed by atoms with Crippen LogP contribution in [-0.2, 0) is 0 Å². The first kappa shape index (κ1) is 8.32. The summed E-state index contributed by atoms with van der Waals surface area (Å²) in [5.74, 6) is 0. The summed E-state index contributed by atoms with van der Waals surface area (Å²) in [6.45, 7) is 0. The lowest BCUT2D eigenvalue weighted by Crippen LogP contribution is -2.99. The zero-order valence-electron chi connectivity index (χ0n) is 6.39. The molecular formula is C6H6N4O2S. The van der Waals surface area contributed by atoms with Crippen molar-refractivity contribution in [3.05, 3.63) is 17.5 Å². The number of nitrogens with one attached hydrogen (secondary N) is 1. The van der Waals surface area contributed by atoms with E-state index in [0.717, 1.165) is 0 Å². The highest BCUT2D eigenvalue weighted by Crippen LogP contribution is 2.22. The average Bonchev–Trinajstić information content (AvgIpc) is 2.42. The third kappa shape index (κ3) is 1.45. The van der Waals surface area contributed by atoms with Gasteiger partial charge in [0.2, 0.25) is 0 Å². The van der Waals surface area contributed by atoms with E-state index in [-0.39, 0.29) is 5.69 Å². The number of nitrogens with zero attached hydrogens (tertiary/aromatic N) is 2. The van der Waals surface area contributed by atoms with Crippen molar-refractivity contribution >= 4 is 32.5 Å². The second kappa shape index (κ2) is 2.89. The lowest BCUT2D eigenvalue weighted by Gasteiger charge is -2.09. The fourth-order valence-electron chi connectivity index (χ4n) is 0.957. The van der Waals surface area contributed by atoms with Crippen molar-refractivity contribution in [1.82, 2.24) is 9.97 Å². The fourth-order valence-corrected chi connectivity index (χ4v) is 1.61. The Bertz CT molecular complexity index is 441. The number of rotatable bonds is 1. The third-order valence-corrected chi connectivity index (χ3v) is 2.32. The topological polar surface area (TPSA) is 99.5 Å². The largest absolute Gasteiger partial charge is 0.595 e. The molecule has 0 saturated heterocycles. The first-order valence-corrected chi connectivity index (χ1v) is 4.24. The molecule has 68 valence electrons. The molecule has 1 unspecified atom stereocenters. The van der Waals surface area contributed by atoms with Gasteiger partial charge in [-0.2, -0.15) is 5.23 Å². The van der Waals surface area contributed by atoms with Crippen molar-refractivity contribution in [2.75, 3.05) is 5.73 Å². The number of nitrogen functional groups attached to an aromatic ring is 1. The van der Waals surface area contributed by atoms with E-state index in [0.29, 0.717) is 15.5 Å². The first-order valence-electron chi connectivity index (χ1n) is 3.42. The van der Waals surface area contributed by atoms with Crippen LogP contribution in [0.1, 0.15) is 0 Å². The van der Waals surface area contributed by atoms with E-state index in [9.17, 15) is 5.21 Å². The second-order valence-corrected chi connectivity index (χ2v) is 3.41. The standard InChI is InChI=1S/C6H6N4O2S/c7-6-9-4-1-3(10(11)12)2-8-5(4)13-6/h1-2,10-11H,(H2,7,9). The van der Waals surface area contributed by atoms with Gasteiger partial charge in [-0.3, -0.25) is 0 Å². The average molecular weight is 198 g/mol. The number of pyridine rings is 1. The maximum atomic E-state index is 10.6. The fraction of sp³-hybridized carbons (Fsp3) is 0. The minimum Gasteiger partial charge on any atom is -0.595 e. The van der Waals surface area contributed by atoms with Crippen LogP contribution in [0.25, 0.3) is 10.3 Å². The summed E-state index contributed by atoms with van der Waals surface area (Å²) in [4.78, 5) is 8.50. The van der Waals surface area contributed by atoms with E-state index in [4.69, 9.17) is 10.9 Å². The van der Waals surface area contributed by atoms with E-state index < -0.39 is 5.23 Å². The zero-order valence-corrected chi connectivity index (χ0v) is 7.21. The summed E-state index contributed by atoms with van der Waals surface area (Å²) >= 11 is 1.24. The number of thiazole rings is 1. The molecule has 2 aromatic heterocycles. The van der Waals surface area contributed by atoms with E-state index in [1.165, 1.54) is 23.6 Å². The smallest absolute Gasteiger partial charge is 0.184 e. The summed E-state index contributed by atoms with van der Waals surface area (Å²) < 4.78 is 0. The van der Waals surface area contributed by atoms with Crippen LogP contribution in [0, 0.1) is 5.21 Å². The van der Waals surface area contributed by atoms with Gasteiger partial charge in [-0.25, -0.2) is 15.2 Å². The molecule has 0 aliphatic carbocycles. The molecule has 0 saturated carbocycles. The monoisotopic (exact) mass is 198 g/mol. The van der Waals surface area contributed by atoms with Crippen molar-refractivity contribution in [3.8, 4) is 0 Å². The van der Waals surface area contributed by atoms with Crippen LogP contribution >= 0.6 is 11.3 Å². The molecule has 0 aromatic carbocycles. The van der Waals surface area contributed by atoms with Gasteiger partial charge in [-0.1, -0.05) is 11.3 Å². The molecule has 0 fully saturated rings. The normalized spacial score (nSPS) is 13.4. The summed E-state index contributed by atoms with van der Waals surface area (Å²) in [6.07, 6.45) is 1.29. The van der Waals surface area contributed by atoms with Crippen LogP contribution < -0.4 is 11.0 Å². The van der Waals surface area contributed by atoms with Crippen molar-refractivity contribution < 1.29 is 10.4 Å². The number of anilines is 1. The van der Waals surface area contributed by atoms with Crippen LogP contribution in [0.4, 0.5) is 10.8 Å². The zero-order chi connectivity index (χ0) is 9.42. The number of fused-ring (bicyclic) bond motifs is 1. The Hall–Kier alpha value is -1.28. The molecule has 0 spiro atoms. The van der Waals surface area contributed by atoms with Crippen LogP contribution in [0.5, 0.6) is 0 Å². The van der Waals surface area contributed by atoms with Crippen LogP contribution in [-0.4, -0.2) is 15.2 Å². The highest BCUT2D eigenvalue weighted by atomic mass is 32.1. The van der Waals surface area contributed by atoms with Gasteiger partial charge in [-0.15, -0.1) is 0 Å². The number of quaternary nitrogens is 1. The molecule has 0 aliphatic heterocycles. The van der Waals surface area contributed by atoms with Gasteiger partial charge in [0.25, 0.3) is 0 Å². The van der Waals surface area contributed by atoms with Gasteiger partial charge < -0.3 is 10.9 Å². The molecule has 1 atom stereocenters. The number of nitrogens with two attached hydrogens (primary N) is 1. The molecule has 0 aliphatic rings. The van der Waals surface area contributed by atoms with Crippen LogP contribution in [0.2, 0.25) is 0 Å².